The molecular formula is C17H36IN5O. The fraction of sp³-hybridized carbons (Fsp3) is 0.941. The van der Waals surface area contributed by atoms with Crippen LogP contribution in [0.1, 0.15) is 13.3 Å². The van der Waals surface area contributed by atoms with E-state index in [0.29, 0.717) is 11.8 Å². The van der Waals surface area contributed by atoms with Crippen molar-refractivity contribution in [1.29, 1.82) is 0 Å². The van der Waals surface area contributed by atoms with Crippen LogP contribution >= 0.6 is 24.0 Å². The van der Waals surface area contributed by atoms with Crippen LogP contribution < -0.4 is 5.32 Å². The van der Waals surface area contributed by atoms with Crippen molar-refractivity contribution in [1.82, 2.24) is 20.0 Å². The van der Waals surface area contributed by atoms with Crippen molar-refractivity contribution in [2.45, 2.75) is 13.3 Å². The lowest BCUT2D eigenvalue weighted by molar-refractivity contribution is 0.139. The zero-order valence-electron chi connectivity index (χ0n) is 15.8. The molecule has 0 aromatic carbocycles. The molecule has 2 aliphatic heterocycles. The normalized spacial score (nSPS) is 24.5. The highest BCUT2D eigenvalue weighted by Gasteiger charge is 2.20. The molecule has 142 valence electrons. The number of hydrogen-bond donors (Lipinski definition) is 1. The van der Waals surface area contributed by atoms with Crippen molar-refractivity contribution in [3.8, 4) is 0 Å². The van der Waals surface area contributed by atoms with Gasteiger partial charge < -0.3 is 24.8 Å². The number of piperazine rings is 1. The summed E-state index contributed by atoms with van der Waals surface area (Å²) < 4.78 is 5.47. The Bertz CT molecular complexity index is 368. The number of aliphatic imine (C=N–C) groups is 1. The van der Waals surface area contributed by atoms with Gasteiger partial charge in [0, 0.05) is 72.4 Å². The zero-order chi connectivity index (χ0) is 16.7. The van der Waals surface area contributed by atoms with E-state index in [2.05, 4.69) is 46.0 Å². The van der Waals surface area contributed by atoms with Gasteiger partial charge in [-0.1, -0.05) is 6.92 Å². The summed E-state index contributed by atoms with van der Waals surface area (Å²) in [5, 5.41) is 3.54. The lowest BCUT2D eigenvalue weighted by Gasteiger charge is -2.34. The van der Waals surface area contributed by atoms with E-state index in [1.807, 2.05) is 7.05 Å². The summed E-state index contributed by atoms with van der Waals surface area (Å²) in [6.07, 6.45) is 1.17. The molecule has 0 radical (unpaired) electrons. The fourth-order valence-electron chi connectivity index (χ4n) is 3.39. The first-order valence-corrected chi connectivity index (χ1v) is 8.99. The summed E-state index contributed by atoms with van der Waals surface area (Å²) in [5.41, 5.74) is 0. The van der Waals surface area contributed by atoms with Crippen LogP contribution in [0.25, 0.3) is 0 Å². The van der Waals surface area contributed by atoms with Gasteiger partial charge in [0.25, 0.3) is 0 Å². The van der Waals surface area contributed by atoms with Crippen LogP contribution in [-0.2, 0) is 4.74 Å². The summed E-state index contributed by atoms with van der Waals surface area (Å²) in [6, 6.07) is 0. The highest BCUT2D eigenvalue weighted by atomic mass is 127. The van der Waals surface area contributed by atoms with Gasteiger partial charge in [0.05, 0.1) is 6.61 Å². The molecule has 2 unspecified atom stereocenters. The number of hydrogen-bond acceptors (Lipinski definition) is 4. The van der Waals surface area contributed by atoms with Crippen molar-refractivity contribution in [2.75, 3.05) is 80.2 Å². The predicted octanol–water partition coefficient (Wildman–Crippen LogP) is 1.03. The molecule has 2 atom stereocenters. The molecule has 0 saturated carbocycles. The minimum Gasteiger partial charge on any atom is -0.381 e. The van der Waals surface area contributed by atoms with Gasteiger partial charge in [-0.3, -0.25) is 4.99 Å². The van der Waals surface area contributed by atoms with E-state index in [0.717, 1.165) is 38.8 Å². The SMILES string of the molecule is CN=C(NCC(C)CN1CCN(C)CC1)N(C)CC1CCOC1.I. The van der Waals surface area contributed by atoms with E-state index in [4.69, 9.17) is 4.74 Å². The monoisotopic (exact) mass is 453 g/mol. The van der Waals surface area contributed by atoms with Crippen LogP contribution in [0.5, 0.6) is 0 Å². The van der Waals surface area contributed by atoms with Crippen molar-refractivity contribution >= 4 is 29.9 Å². The smallest absolute Gasteiger partial charge is 0.193 e. The van der Waals surface area contributed by atoms with E-state index in [9.17, 15) is 0 Å². The quantitative estimate of drug-likeness (QED) is 0.370. The molecule has 2 heterocycles. The van der Waals surface area contributed by atoms with Crippen molar-refractivity contribution < 1.29 is 4.74 Å². The molecule has 0 aliphatic carbocycles. The van der Waals surface area contributed by atoms with Gasteiger partial charge in [-0.2, -0.15) is 0 Å². The highest BCUT2D eigenvalue weighted by molar-refractivity contribution is 14.0. The third kappa shape index (κ3) is 7.41. The van der Waals surface area contributed by atoms with E-state index in [1.165, 1.54) is 32.6 Å². The van der Waals surface area contributed by atoms with E-state index >= 15 is 0 Å². The average molecular weight is 453 g/mol. The first-order valence-electron chi connectivity index (χ1n) is 8.99. The van der Waals surface area contributed by atoms with Gasteiger partial charge in [0.15, 0.2) is 5.96 Å². The molecule has 2 aliphatic rings. The predicted molar refractivity (Wildman–Crippen MR) is 111 cm³/mol. The maximum Gasteiger partial charge on any atom is 0.193 e. The molecule has 0 spiro atoms. The molecule has 0 amide bonds. The van der Waals surface area contributed by atoms with Crippen LogP contribution in [0.4, 0.5) is 0 Å². The van der Waals surface area contributed by atoms with Gasteiger partial charge >= 0.3 is 0 Å². The van der Waals surface area contributed by atoms with Crippen molar-refractivity contribution in [3.05, 3.63) is 0 Å². The number of guanidine groups is 1. The van der Waals surface area contributed by atoms with E-state index < -0.39 is 0 Å². The molecule has 2 fully saturated rings. The molecule has 0 aromatic heterocycles. The van der Waals surface area contributed by atoms with E-state index in [-0.39, 0.29) is 24.0 Å². The highest BCUT2D eigenvalue weighted by Crippen LogP contribution is 2.13. The number of nitrogens with one attached hydrogen (secondary N) is 1. The number of rotatable bonds is 6. The average Bonchev–Trinajstić information content (AvgIpc) is 3.03. The van der Waals surface area contributed by atoms with Gasteiger partial charge in [-0.05, 0) is 19.4 Å². The van der Waals surface area contributed by atoms with Gasteiger partial charge in [-0.15, -0.1) is 24.0 Å². The second kappa shape index (κ2) is 11.5. The Kier molecular flexibility index (Phi) is 10.5. The largest absolute Gasteiger partial charge is 0.381 e. The molecule has 24 heavy (non-hydrogen) atoms. The second-order valence-electron chi connectivity index (χ2n) is 7.25. The van der Waals surface area contributed by atoms with Crippen LogP contribution in [0.15, 0.2) is 4.99 Å². The number of halogens is 1. The number of ether oxygens (including phenoxy) is 1. The number of nitrogens with zero attached hydrogens (tertiary/aromatic N) is 4. The Morgan fingerprint density at radius 3 is 2.62 bits per heavy atom. The molecular weight excluding hydrogens is 417 g/mol. The fourth-order valence-corrected chi connectivity index (χ4v) is 3.39. The lowest BCUT2D eigenvalue weighted by Crippen LogP contribution is -2.48. The van der Waals surface area contributed by atoms with Crippen molar-refractivity contribution in [2.24, 2.45) is 16.8 Å². The summed E-state index contributed by atoms with van der Waals surface area (Å²) in [5.74, 6) is 2.27. The molecule has 0 bridgehead atoms. The van der Waals surface area contributed by atoms with Crippen LogP contribution in [-0.4, -0.2) is 101 Å². The number of likely N-dealkylation sites (N-methyl/N-ethyl adjacent to an activating group) is 1. The minimum absolute atomic E-state index is 0. The summed E-state index contributed by atoms with van der Waals surface area (Å²) in [4.78, 5) is 11.7. The Labute approximate surface area is 165 Å². The third-order valence-electron chi connectivity index (χ3n) is 4.90. The first kappa shape index (κ1) is 21.9. The lowest BCUT2D eigenvalue weighted by atomic mass is 10.1. The molecule has 0 aromatic rings. The van der Waals surface area contributed by atoms with Crippen LogP contribution in [0, 0.1) is 11.8 Å². The molecule has 6 nitrogen and oxygen atoms in total. The molecule has 2 rings (SSSR count). The molecule has 7 heteroatoms. The minimum atomic E-state index is 0. The van der Waals surface area contributed by atoms with E-state index in [1.54, 1.807) is 0 Å². The van der Waals surface area contributed by atoms with Gasteiger partial charge in [-0.25, -0.2) is 0 Å². The molecule has 1 N–H and O–H groups in total. The maximum absolute atomic E-state index is 5.47. The van der Waals surface area contributed by atoms with Gasteiger partial charge in [0.1, 0.15) is 0 Å². The second-order valence-corrected chi connectivity index (χ2v) is 7.25. The zero-order valence-corrected chi connectivity index (χ0v) is 18.2. The standard InChI is InChI=1S/C17H35N5O.HI/c1-15(12-22-8-6-20(3)7-9-22)11-19-17(18-2)21(4)13-16-5-10-23-14-16;/h15-16H,5-14H2,1-4H3,(H,18,19);1H. The van der Waals surface area contributed by atoms with Crippen LogP contribution in [0.3, 0.4) is 0 Å². The van der Waals surface area contributed by atoms with Gasteiger partial charge in [0.2, 0.25) is 0 Å². The molecule has 2 saturated heterocycles. The van der Waals surface area contributed by atoms with Crippen molar-refractivity contribution in [3.63, 3.8) is 0 Å². The Hall–Kier alpha value is -0.120. The summed E-state index contributed by atoms with van der Waals surface area (Å²) in [7, 11) is 6.20. The Balaban J connectivity index is 0.00000288. The maximum atomic E-state index is 5.47. The van der Waals surface area contributed by atoms with Crippen LogP contribution in [0.2, 0.25) is 0 Å². The summed E-state index contributed by atoms with van der Waals surface area (Å²) in [6.45, 7) is 12.0. The third-order valence-corrected chi connectivity index (χ3v) is 4.90. The first-order chi connectivity index (χ1) is 11.1. The Morgan fingerprint density at radius 2 is 2.04 bits per heavy atom. The summed E-state index contributed by atoms with van der Waals surface area (Å²) >= 11 is 0. The Morgan fingerprint density at radius 1 is 1.33 bits per heavy atom. The topological polar surface area (TPSA) is 43.3 Å².